The van der Waals surface area contributed by atoms with Crippen LogP contribution in [0.15, 0.2) is 72.9 Å². The molecule has 6 fully saturated rings. The Bertz CT molecular complexity index is 3640. The number of rotatable bonds is 50. The lowest BCUT2D eigenvalue weighted by Crippen LogP contribution is -2.69. The maximum atomic E-state index is 15.4. The van der Waals surface area contributed by atoms with E-state index in [-0.39, 0.29) is 96.9 Å². The van der Waals surface area contributed by atoms with Crippen LogP contribution in [0.4, 0.5) is 0 Å². The van der Waals surface area contributed by atoms with Crippen LogP contribution in [0.2, 0.25) is 110 Å². The van der Waals surface area contributed by atoms with Gasteiger partial charge in [-0.05, 0) is 162 Å². The highest BCUT2D eigenvalue weighted by Gasteiger charge is 2.63. The largest absolute Gasteiger partial charge is 0.462 e. The number of carbonyl (C=O) groups is 4. The predicted molar refractivity (Wildman–Crippen MR) is 532 cm³/mol. The van der Waals surface area contributed by atoms with Crippen molar-refractivity contribution >= 4 is 85.2 Å². The number of allylic oxidation sites excluding steroid dienone is 3. The number of unbranched alkanes of at least 4 members (excludes halogenated alkanes) is 1. The first-order valence-corrected chi connectivity index (χ1v) is 66.7. The lowest BCUT2D eigenvalue weighted by molar-refractivity contribution is -0.354. The molecule has 6 rings (SSSR count). The third-order valence-corrected chi connectivity index (χ3v) is 54.9. The first-order chi connectivity index (χ1) is 59.9. The molecule has 0 aromatic carbocycles. The summed E-state index contributed by atoms with van der Waals surface area (Å²) in [6.07, 6.45) is 7.15. The summed E-state index contributed by atoms with van der Waals surface area (Å²) in [5, 5.41) is 13.2. The molecule has 6 saturated heterocycles. The summed E-state index contributed by atoms with van der Waals surface area (Å²) in [4.78, 5) is 54.7. The van der Waals surface area contributed by atoms with Crippen molar-refractivity contribution in [3.8, 4) is 0 Å². The minimum Gasteiger partial charge on any atom is -0.462 e. The zero-order valence-corrected chi connectivity index (χ0v) is 93.0. The number of aliphatic hydroxyl groups is 1. The third kappa shape index (κ3) is 31.8. The number of ether oxygens (including phenoxy) is 11. The molecule has 6 aliphatic rings. The van der Waals surface area contributed by atoms with E-state index in [2.05, 4.69) is 209 Å². The molecule has 0 bridgehead atoms. The van der Waals surface area contributed by atoms with Gasteiger partial charge in [0.05, 0.1) is 91.2 Å². The number of methoxy groups -OCH3 is 2. The maximum absolute atomic E-state index is 15.4. The van der Waals surface area contributed by atoms with E-state index in [1.807, 2.05) is 19.9 Å². The number of carbonyl (C=O) groups excluding carboxylic acids is 4. The fourth-order valence-corrected chi connectivity index (χ4v) is 33.3. The van der Waals surface area contributed by atoms with Gasteiger partial charge in [0.25, 0.3) is 0 Å². The second-order valence-electron chi connectivity index (χ2n) is 43.5. The van der Waals surface area contributed by atoms with Crippen molar-refractivity contribution in [1.29, 1.82) is 0 Å². The van der Waals surface area contributed by atoms with Crippen molar-refractivity contribution in [2.24, 2.45) is 23.7 Å². The Balaban J connectivity index is 1.34. The standard InChI is InChI=1S/C100H181ClO22Si6/c1-36-53-109-89(105)61-80-59-82(110-75(18)102)64-99(115-80)67-97(26,123-129(43-8,44-9)45-10)62-83(116-99)56-69(12)71(14)91(111-76(19)103)72(15)85(104)60-79-58-81(107-27)63-98(114-79)65-84(119-125(32,33)95(20,21)22)57-77(113-98)49-47-46-48-50-86-73(16)88(120-126(34,35)96(23,24)25)66-100(108-28,117-86)94(122-128(40-5,41-6)42-7)93-74(17)92(121-127(37-2,38-3)39-4)90(106)87(112-93)55-68(11)54-78(52-51-70(13)101)118-124(29,30)31/h36,47,49,51-52,71-74,77-84,86-88,90-94,106H,1,11-13,37-46,48,50,53-67H2,2-10,14-35H3/b49-47-,52-51+/t71-,72-,73+,74-,77+,78-,79+,80-,81+,82+,83+,84+,86-,87-,88+,90-,91+,92-,93-,94+,97+,98+,99-,100-/m1/s1. The molecule has 0 aliphatic carbocycles. The summed E-state index contributed by atoms with van der Waals surface area (Å²) in [6, 6.07) is 7.98. The molecule has 0 saturated carbocycles. The van der Waals surface area contributed by atoms with E-state index in [9.17, 15) is 19.5 Å². The molecule has 29 heteroatoms. The quantitative estimate of drug-likeness (QED) is 0.0148. The third-order valence-electron chi connectivity index (χ3n) is 30.7. The molecule has 0 amide bonds. The Labute approximate surface area is 792 Å². The summed E-state index contributed by atoms with van der Waals surface area (Å²) >= 11 is 6.34. The molecule has 0 unspecified atom stereocenters. The highest BCUT2D eigenvalue weighted by molar-refractivity contribution is 6.75. The van der Waals surface area contributed by atoms with Gasteiger partial charge < -0.3 is 83.8 Å². The van der Waals surface area contributed by atoms with Gasteiger partial charge in [-0.25, -0.2) is 0 Å². The lowest BCUT2D eigenvalue weighted by Gasteiger charge is -2.57. The van der Waals surface area contributed by atoms with Crippen molar-refractivity contribution in [1.82, 2.24) is 0 Å². The number of ketones is 1. The molecule has 24 atom stereocenters. The number of Topliss-reactive ketones (excluding diaryl/α,β-unsaturated/α-hetero) is 1. The summed E-state index contributed by atoms with van der Waals surface area (Å²) in [7, 11) is -10.8. The first kappa shape index (κ1) is 115. The number of hydrogen-bond donors (Lipinski definition) is 1. The van der Waals surface area contributed by atoms with E-state index in [1.165, 1.54) is 19.9 Å². The number of esters is 3. The summed E-state index contributed by atoms with van der Waals surface area (Å²) in [5.74, 6) is -7.30. The minimum absolute atomic E-state index is 0.0106. The molecule has 1 N–H and O–H groups in total. The average Bonchev–Trinajstić information content (AvgIpc) is 0.738. The summed E-state index contributed by atoms with van der Waals surface area (Å²) in [6.45, 7) is 79.5. The first-order valence-electron chi connectivity index (χ1n) is 49.5. The van der Waals surface area contributed by atoms with Crippen molar-refractivity contribution in [2.45, 2.75) is 492 Å². The van der Waals surface area contributed by atoms with Crippen LogP contribution in [-0.4, -0.2) is 220 Å². The average molecular weight is 1940 g/mol. The second kappa shape index (κ2) is 48.9. The molecule has 0 radical (unpaired) electrons. The van der Waals surface area contributed by atoms with Gasteiger partial charge in [0.15, 0.2) is 67.3 Å². The van der Waals surface area contributed by atoms with Crippen LogP contribution >= 0.6 is 11.6 Å². The Morgan fingerprint density at radius 1 is 0.620 bits per heavy atom. The van der Waals surface area contributed by atoms with Gasteiger partial charge in [0.1, 0.15) is 36.8 Å². The normalized spacial score (nSPS) is 31.4. The Kier molecular flexibility index (Phi) is 43.7. The van der Waals surface area contributed by atoms with Crippen LogP contribution < -0.4 is 0 Å². The second-order valence-corrected chi connectivity index (χ2v) is 72.1. The molecular formula is C100H181ClO22Si6. The fraction of sp³-hybridized carbons (Fsp3) is 0.840. The van der Waals surface area contributed by atoms with E-state index in [1.54, 1.807) is 20.3 Å². The highest BCUT2D eigenvalue weighted by atomic mass is 35.5. The zero-order chi connectivity index (χ0) is 97.2. The maximum Gasteiger partial charge on any atom is 0.308 e. The molecule has 22 nitrogen and oxygen atoms in total. The molecule has 0 aromatic heterocycles. The molecule has 6 aliphatic heterocycles. The van der Waals surface area contributed by atoms with Crippen LogP contribution in [0, 0.1) is 23.7 Å². The summed E-state index contributed by atoms with van der Waals surface area (Å²) in [5.41, 5.74) is 0.798. The van der Waals surface area contributed by atoms with Gasteiger partial charge in [-0.2, -0.15) is 0 Å². The Morgan fingerprint density at radius 3 is 1.72 bits per heavy atom. The van der Waals surface area contributed by atoms with Gasteiger partial charge in [-0.1, -0.05) is 205 Å². The van der Waals surface area contributed by atoms with E-state index < -0.39 is 170 Å². The van der Waals surface area contributed by atoms with E-state index >= 15 is 4.79 Å². The van der Waals surface area contributed by atoms with Crippen LogP contribution in [0.1, 0.15) is 261 Å². The van der Waals surface area contributed by atoms with Crippen LogP contribution in [0.3, 0.4) is 0 Å². The van der Waals surface area contributed by atoms with Crippen molar-refractivity contribution < 1.29 is 103 Å². The molecule has 6 heterocycles. The lowest BCUT2D eigenvalue weighted by atomic mass is 9.78. The molecule has 2 spiro atoms. The Hall–Kier alpha value is -2.49. The van der Waals surface area contributed by atoms with Crippen LogP contribution in [-0.2, 0) is 97.8 Å². The van der Waals surface area contributed by atoms with Gasteiger partial charge >= 0.3 is 17.9 Å². The van der Waals surface area contributed by atoms with E-state index in [0.29, 0.717) is 81.2 Å². The minimum atomic E-state index is -2.59. The molecule has 744 valence electrons. The topological polar surface area (TPSA) is 245 Å². The van der Waals surface area contributed by atoms with Crippen molar-refractivity contribution in [2.75, 3.05) is 20.8 Å². The van der Waals surface area contributed by atoms with Gasteiger partial charge in [0.2, 0.25) is 0 Å². The van der Waals surface area contributed by atoms with E-state index in [0.717, 1.165) is 66.4 Å². The number of aliphatic hydroxyl groups excluding tert-OH is 1. The van der Waals surface area contributed by atoms with Gasteiger partial charge in [-0.3, -0.25) is 19.2 Å². The van der Waals surface area contributed by atoms with Crippen molar-refractivity contribution in [3.05, 3.63) is 72.9 Å². The molecule has 0 aromatic rings. The van der Waals surface area contributed by atoms with Crippen LogP contribution in [0.5, 0.6) is 0 Å². The van der Waals surface area contributed by atoms with Crippen molar-refractivity contribution in [3.63, 3.8) is 0 Å². The Morgan fingerprint density at radius 2 is 1.18 bits per heavy atom. The summed E-state index contributed by atoms with van der Waals surface area (Å²) < 4.78 is 120. The smallest absolute Gasteiger partial charge is 0.308 e. The highest BCUT2D eigenvalue weighted by Crippen LogP contribution is 2.54. The van der Waals surface area contributed by atoms with E-state index in [4.69, 9.17) is 90.3 Å². The van der Waals surface area contributed by atoms with Crippen LogP contribution in [0.25, 0.3) is 0 Å². The monoisotopic (exact) mass is 1940 g/mol. The molecule has 129 heavy (non-hydrogen) atoms. The van der Waals surface area contributed by atoms with Gasteiger partial charge in [-0.15, -0.1) is 0 Å². The predicted octanol–water partition coefficient (Wildman–Crippen LogP) is 23.7. The molecular weight excluding hydrogens is 1760 g/mol. The number of hydrogen-bond acceptors (Lipinski definition) is 22. The SMILES string of the molecule is C=CCOC(=O)C[C@H]1C[C@H](OC(C)=O)C[C@@]2(C[C@@](C)(O[Si](CC)(CC)CC)C[C@H](CC(=C)[C@@H](C)[C@H](OC(C)=O)[C@H](C)C(=O)C[C@@H]3C[C@H](OC)C[C@@]4(C[C@@H](O[Si](C)(C)C(C)(C)C)C[C@H](/C=C\CCC[C@H]5O[C@@](OC)([C@@H](O[Si](CC)(CC)CC)[C@@H]6O[C@H](CC(=C)C[C@@H](/C=C/C(=C)Cl)O[Si](C)(C)C)[C@@H](O)[C@H](O[Si](CC)(CC)CC)[C@H]6C)C[C@H](O[Si](C)(C)C(C)(C)C)[C@H]5C)O4)O3)O2)O1. The zero-order valence-electron chi connectivity index (χ0n) is 86.3. The number of halogens is 1. The fourth-order valence-electron chi connectivity index (χ4n) is 20.5. The van der Waals surface area contributed by atoms with Gasteiger partial charge in [0, 0.05) is 115 Å².